The molecule has 6 aromatic rings. The van der Waals surface area contributed by atoms with E-state index in [0.717, 1.165) is 19.1 Å². The molecule has 0 saturated carbocycles. The summed E-state index contributed by atoms with van der Waals surface area (Å²) in [5.74, 6) is 0.345. The summed E-state index contributed by atoms with van der Waals surface area (Å²) >= 11 is 0. The van der Waals surface area contributed by atoms with Gasteiger partial charge >= 0.3 is 0 Å². The van der Waals surface area contributed by atoms with Gasteiger partial charge in [-0.2, -0.15) is 0 Å². The van der Waals surface area contributed by atoms with E-state index >= 15 is 0 Å². The second kappa shape index (κ2) is 10.1. The molecule has 4 aromatic carbocycles. The van der Waals surface area contributed by atoms with E-state index in [1.54, 1.807) is 42.5 Å². The van der Waals surface area contributed by atoms with Crippen LogP contribution >= 0.6 is 0 Å². The Balaban J connectivity index is 1.70. The molecule has 43 heavy (non-hydrogen) atoms. The average Bonchev–Trinajstić information content (AvgIpc) is 3.57. The molecule has 0 aliphatic rings. The number of hydrogen-bond acceptors (Lipinski definition) is 7. The lowest BCUT2D eigenvalue weighted by molar-refractivity contribution is -0.384. The zero-order valence-electron chi connectivity index (χ0n) is 23.3. The molecule has 0 unspecified atom stereocenters. The van der Waals surface area contributed by atoms with Crippen molar-refractivity contribution in [2.75, 3.05) is 7.11 Å². The van der Waals surface area contributed by atoms with Crippen LogP contribution in [0.4, 0.5) is 5.69 Å². The zero-order valence-corrected chi connectivity index (χ0v) is 24.9. The van der Waals surface area contributed by atoms with Crippen molar-refractivity contribution in [2.24, 2.45) is 0 Å². The summed E-state index contributed by atoms with van der Waals surface area (Å²) in [6.07, 6.45) is 2.77. The van der Waals surface area contributed by atoms with E-state index in [0.29, 0.717) is 22.2 Å². The van der Waals surface area contributed by atoms with Gasteiger partial charge in [-0.05, 0) is 56.3 Å². The number of aryl methyl sites for hydroxylation is 2. The van der Waals surface area contributed by atoms with E-state index < -0.39 is 25.0 Å². The highest BCUT2D eigenvalue weighted by molar-refractivity contribution is 7.90. The normalized spacial score (nSPS) is 12.2. The van der Waals surface area contributed by atoms with E-state index in [-0.39, 0.29) is 31.9 Å². The van der Waals surface area contributed by atoms with E-state index in [9.17, 15) is 26.9 Å². The Labute approximate surface area is 247 Å². The summed E-state index contributed by atoms with van der Waals surface area (Å²) in [6, 6.07) is 21.6. The van der Waals surface area contributed by atoms with Crippen LogP contribution in [0.5, 0.6) is 5.75 Å². The van der Waals surface area contributed by atoms with Crippen LogP contribution in [0.2, 0.25) is 0 Å². The molecule has 218 valence electrons. The summed E-state index contributed by atoms with van der Waals surface area (Å²) in [5.41, 5.74) is 2.61. The van der Waals surface area contributed by atoms with E-state index in [1.165, 1.54) is 62.0 Å². The second-order valence-corrected chi connectivity index (χ2v) is 13.8. The number of benzene rings is 4. The largest absolute Gasteiger partial charge is 0.496 e. The third-order valence-electron chi connectivity index (χ3n) is 7.39. The lowest BCUT2D eigenvalue weighted by Crippen LogP contribution is -2.12. The van der Waals surface area contributed by atoms with Gasteiger partial charge in [-0.25, -0.2) is 24.8 Å². The van der Waals surface area contributed by atoms with Gasteiger partial charge in [-0.1, -0.05) is 41.5 Å². The summed E-state index contributed by atoms with van der Waals surface area (Å²) < 4.78 is 63.4. The predicted molar refractivity (Wildman–Crippen MR) is 164 cm³/mol. The summed E-state index contributed by atoms with van der Waals surface area (Å²) in [5, 5.41) is 12.4. The molecule has 2 aromatic heterocycles. The Morgan fingerprint density at radius 1 is 0.698 bits per heavy atom. The van der Waals surface area contributed by atoms with Crippen molar-refractivity contribution in [3.63, 3.8) is 0 Å². The fraction of sp³-hybridized carbons (Fsp3) is 0.0968. The van der Waals surface area contributed by atoms with Gasteiger partial charge in [0.05, 0.1) is 38.2 Å². The Kier molecular flexibility index (Phi) is 6.62. The lowest BCUT2D eigenvalue weighted by Gasteiger charge is -2.08. The number of fused-ring (bicyclic) bond motifs is 2. The van der Waals surface area contributed by atoms with Crippen molar-refractivity contribution in [2.45, 2.75) is 23.6 Å². The highest BCUT2D eigenvalue weighted by Gasteiger charge is 2.28. The number of nitrogens with zero attached hydrogens (tertiary/aromatic N) is 3. The van der Waals surface area contributed by atoms with E-state index in [2.05, 4.69) is 0 Å². The van der Waals surface area contributed by atoms with Crippen LogP contribution in [-0.4, -0.2) is 36.8 Å². The molecule has 0 saturated heterocycles. The van der Waals surface area contributed by atoms with Crippen molar-refractivity contribution >= 4 is 47.5 Å². The number of nitro groups is 1. The van der Waals surface area contributed by atoms with Gasteiger partial charge < -0.3 is 4.74 Å². The first-order chi connectivity index (χ1) is 20.4. The van der Waals surface area contributed by atoms with Crippen molar-refractivity contribution < 1.29 is 26.5 Å². The van der Waals surface area contributed by atoms with Crippen LogP contribution in [0.25, 0.3) is 32.9 Å². The number of aromatic nitrogens is 2. The third-order valence-corrected chi connectivity index (χ3v) is 10.8. The van der Waals surface area contributed by atoms with Crippen LogP contribution in [0.1, 0.15) is 11.1 Å². The Morgan fingerprint density at radius 2 is 1.23 bits per heavy atom. The second-order valence-electron chi connectivity index (χ2n) is 10.1. The molecular weight excluding hydrogens is 590 g/mol. The quantitative estimate of drug-likeness (QED) is 0.153. The maximum absolute atomic E-state index is 13.9. The third kappa shape index (κ3) is 4.55. The highest BCUT2D eigenvalue weighted by atomic mass is 32.2. The Hall–Kier alpha value is -4.94. The van der Waals surface area contributed by atoms with E-state index in [1.807, 2.05) is 13.8 Å². The number of ether oxygens (including phenoxy) is 1. The van der Waals surface area contributed by atoms with Crippen LogP contribution in [0, 0.1) is 24.0 Å². The number of non-ortho nitro benzene ring substituents is 1. The number of methoxy groups -OCH3 is 1. The van der Waals surface area contributed by atoms with Gasteiger partial charge in [0.1, 0.15) is 5.75 Å². The molecule has 10 nitrogen and oxygen atoms in total. The molecule has 0 aliphatic carbocycles. The SMILES string of the molecule is COc1cccc2c1c(-c1cn(S(=O)(=O)c3ccc(C)cc3)c3ccc([N+](=O)[O-])cc13)cn2S(=O)(=O)c1ccc(C)cc1. The molecule has 0 bridgehead atoms. The maximum atomic E-state index is 13.9. The monoisotopic (exact) mass is 615 g/mol. The Bertz CT molecular complexity index is 2280. The molecule has 0 aliphatic heterocycles. The molecule has 6 rings (SSSR count). The summed E-state index contributed by atoms with van der Waals surface area (Å²) in [7, 11) is -6.82. The maximum Gasteiger partial charge on any atom is 0.270 e. The molecule has 0 fully saturated rings. The van der Waals surface area contributed by atoms with Crippen LogP contribution in [0.3, 0.4) is 0 Å². The first-order valence-electron chi connectivity index (χ1n) is 13.1. The predicted octanol–water partition coefficient (Wildman–Crippen LogP) is 6.27. The lowest BCUT2D eigenvalue weighted by atomic mass is 10.0. The molecule has 12 heteroatoms. The van der Waals surface area contributed by atoms with E-state index in [4.69, 9.17) is 4.74 Å². The molecule has 0 amide bonds. The van der Waals surface area contributed by atoms with Crippen LogP contribution in [-0.2, 0) is 20.0 Å². The molecule has 0 atom stereocenters. The molecule has 0 radical (unpaired) electrons. The smallest absolute Gasteiger partial charge is 0.270 e. The molecular formula is C31H25N3O7S2. The van der Waals surface area contributed by atoms with Crippen molar-refractivity contribution in [3.05, 3.63) is 119 Å². The van der Waals surface area contributed by atoms with Crippen molar-refractivity contribution in [1.29, 1.82) is 0 Å². The summed E-state index contributed by atoms with van der Waals surface area (Å²) in [6.45, 7) is 3.69. The number of rotatable bonds is 7. The minimum atomic E-state index is -4.15. The van der Waals surface area contributed by atoms with Crippen molar-refractivity contribution in [1.82, 2.24) is 7.94 Å². The van der Waals surface area contributed by atoms with Crippen LogP contribution in [0.15, 0.2) is 107 Å². The topological polar surface area (TPSA) is 131 Å². The zero-order chi connectivity index (χ0) is 30.7. The first kappa shape index (κ1) is 28.2. The standard InChI is InChI=1S/C31H25N3O7S2/c1-20-7-12-23(13-8-20)42(37,38)32-18-26(25-17-22(34(35)36)11-16-28(25)32)27-19-33(29-5-4-6-30(41-3)31(27)29)43(39,40)24-14-9-21(2)10-15-24/h4-19H,1-3H3. The summed E-state index contributed by atoms with van der Waals surface area (Å²) in [4.78, 5) is 11.3. The number of hydrogen-bond donors (Lipinski definition) is 0. The van der Waals surface area contributed by atoms with Crippen molar-refractivity contribution in [3.8, 4) is 16.9 Å². The fourth-order valence-electron chi connectivity index (χ4n) is 5.16. The first-order valence-corrected chi connectivity index (χ1v) is 15.9. The van der Waals surface area contributed by atoms with Gasteiger partial charge in [0.25, 0.3) is 25.7 Å². The van der Waals surface area contributed by atoms with Gasteiger partial charge in [0.2, 0.25) is 0 Å². The molecule has 2 heterocycles. The average molecular weight is 616 g/mol. The highest BCUT2D eigenvalue weighted by Crippen LogP contribution is 2.43. The minimum absolute atomic E-state index is 0.0295. The fourth-order valence-corrected chi connectivity index (χ4v) is 7.89. The van der Waals surface area contributed by atoms with Crippen LogP contribution < -0.4 is 4.74 Å². The van der Waals surface area contributed by atoms with Gasteiger partial charge in [-0.15, -0.1) is 0 Å². The van der Waals surface area contributed by atoms with Gasteiger partial charge in [0, 0.05) is 41.0 Å². The van der Waals surface area contributed by atoms with Gasteiger partial charge in [-0.3, -0.25) is 10.1 Å². The Morgan fingerprint density at radius 3 is 1.77 bits per heavy atom. The molecule has 0 N–H and O–H groups in total. The van der Waals surface area contributed by atoms with Gasteiger partial charge in [0.15, 0.2) is 0 Å². The molecule has 0 spiro atoms. The number of nitro benzene ring substituents is 1. The minimum Gasteiger partial charge on any atom is -0.496 e.